The van der Waals surface area contributed by atoms with Gasteiger partial charge in [-0.2, -0.15) is 0 Å². The van der Waals surface area contributed by atoms with Crippen LogP contribution in [0.5, 0.6) is 11.5 Å². The number of thiophene rings is 2. The average molecular weight is 595 g/mol. The van der Waals surface area contributed by atoms with Crippen molar-refractivity contribution in [1.29, 1.82) is 0 Å². The van der Waals surface area contributed by atoms with E-state index >= 15 is 0 Å². The maximum absolute atomic E-state index is 12.7. The van der Waals surface area contributed by atoms with Gasteiger partial charge in [0.1, 0.15) is 17.3 Å². The molecule has 41 heavy (non-hydrogen) atoms. The number of ketones is 3. The number of rotatable bonds is 14. The summed E-state index contributed by atoms with van der Waals surface area (Å²) in [5, 5.41) is 11.0. The lowest BCUT2D eigenvalue weighted by Crippen LogP contribution is -2.13. The highest BCUT2D eigenvalue weighted by Gasteiger charge is 2.20. The molecular weight excluding hydrogens is 560 g/mol. The first kappa shape index (κ1) is 30.4. The number of ether oxygens (including phenoxy) is 2. The highest BCUT2D eigenvalue weighted by Crippen LogP contribution is 2.36. The van der Waals surface area contributed by atoms with E-state index in [9.17, 15) is 19.2 Å². The Bertz CT molecular complexity index is 1510. The molecule has 0 amide bonds. The summed E-state index contributed by atoms with van der Waals surface area (Å²) in [5.41, 5.74) is 2.08. The second-order valence-electron chi connectivity index (χ2n) is 10.5. The maximum Gasteiger partial charge on any atom is 0.306 e. The predicted octanol–water partition coefficient (Wildman–Crippen LogP) is 7.40. The number of carbonyl (C=O) groups excluding carboxylic acids is 3. The number of fused-ring (bicyclic) bond motifs is 2. The van der Waals surface area contributed by atoms with Gasteiger partial charge in [0.15, 0.2) is 11.6 Å². The third-order valence-corrected chi connectivity index (χ3v) is 9.66. The molecule has 4 aromatic rings. The van der Waals surface area contributed by atoms with Crippen LogP contribution in [0.4, 0.5) is 0 Å². The number of aryl methyl sites for hydroxylation is 2. The van der Waals surface area contributed by atoms with Crippen molar-refractivity contribution < 1.29 is 33.8 Å². The molecule has 7 nitrogen and oxygen atoms in total. The first-order valence-electron chi connectivity index (χ1n) is 13.5. The Kier molecular flexibility index (Phi) is 9.60. The Balaban J connectivity index is 1.50. The SMILES string of the molecule is COc1cc2cc(C(=O)C[C@H](C)C(=O)O)sc2cc1CCCc1cc2cc(C(=O)C[C@H](C)C(C)=O)sc2cc1OC. The van der Waals surface area contributed by atoms with Crippen LogP contribution in [0.2, 0.25) is 0 Å². The molecule has 9 heteroatoms. The van der Waals surface area contributed by atoms with Gasteiger partial charge in [-0.1, -0.05) is 13.8 Å². The lowest BCUT2D eigenvalue weighted by atomic mass is 9.99. The number of hydrogen-bond acceptors (Lipinski definition) is 8. The molecule has 2 aromatic heterocycles. The molecule has 0 saturated heterocycles. The molecule has 2 aromatic carbocycles. The largest absolute Gasteiger partial charge is 0.496 e. The number of carbonyl (C=O) groups is 4. The van der Waals surface area contributed by atoms with Crippen LogP contribution in [0.25, 0.3) is 20.2 Å². The lowest BCUT2D eigenvalue weighted by molar-refractivity contribution is -0.141. The van der Waals surface area contributed by atoms with E-state index in [0.29, 0.717) is 9.75 Å². The van der Waals surface area contributed by atoms with Crippen LogP contribution < -0.4 is 9.47 Å². The van der Waals surface area contributed by atoms with Gasteiger partial charge in [0.2, 0.25) is 0 Å². The number of Topliss-reactive ketones (excluding diaryl/α,β-unsaturated/α-hetero) is 3. The molecule has 0 aliphatic heterocycles. The minimum atomic E-state index is -0.980. The van der Waals surface area contributed by atoms with Crippen LogP contribution >= 0.6 is 22.7 Å². The molecule has 0 bridgehead atoms. The molecule has 0 aliphatic carbocycles. The molecule has 4 rings (SSSR count). The van der Waals surface area contributed by atoms with E-state index in [4.69, 9.17) is 14.6 Å². The summed E-state index contributed by atoms with van der Waals surface area (Å²) in [7, 11) is 3.27. The fourth-order valence-electron chi connectivity index (χ4n) is 4.73. The maximum atomic E-state index is 12.7. The molecule has 0 aliphatic rings. The Labute approximate surface area is 247 Å². The topological polar surface area (TPSA) is 107 Å². The summed E-state index contributed by atoms with van der Waals surface area (Å²) in [4.78, 5) is 49.3. The number of hydrogen-bond donors (Lipinski definition) is 1. The van der Waals surface area contributed by atoms with Gasteiger partial charge in [0, 0.05) is 28.2 Å². The third-order valence-electron chi connectivity index (χ3n) is 7.38. The molecule has 0 unspecified atom stereocenters. The van der Waals surface area contributed by atoms with Gasteiger partial charge in [-0.25, -0.2) is 0 Å². The summed E-state index contributed by atoms with van der Waals surface area (Å²) in [6.07, 6.45) is 2.49. The minimum Gasteiger partial charge on any atom is -0.496 e. The fourth-order valence-corrected chi connectivity index (χ4v) is 6.81. The van der Waals surface area contributed by atoms with E-state index in [1.807, 2.05) is 24.3 Å². The summed E-state index contributed by atoms with van der Waals surface area (Å²) in [6, 6.07) is 11.7. The van der Waals surface area contributed by atoms with E-state index in [0.717, 1.165) is 62.1 Å². The van der Waals surface area contributed by atoms with Crippen molar-refractivity contribution >= 4 is 66.2 Å². The van der Waals surface area contributed by atoms with Crippen molar-refractivity contribution in [2.75, 3.05) is 14.2 Å². The fraction of sp³-hybridized carbons (Fsp3) is 0.375. The van der Waals surface area contributed by atoms with E-state index in [2.05, 4.69) is 12.1 Å². The molecule has 0 saturated carbocycles. The minimum absolute atomic E-state index is 0.0116. The molecule has 2 heterocycles. The highest BCUT2D eigenvalue weighted by molar-refractivity contribution is 7.21. The molecule has 0 fully saturated rings. The van der Waals surface area contributed by atoms with Crippen molar-refractivity contribution in [3.05, 3.63) is 57.3 Å². The van der Waals surface area contributed by atoms with Crippen LogP contribution in [-0.4, -0.2) is 42.6 Å². The molecular formula is C32H34O7S2. The van der Waals surface area contributed by atoms with Gasteiger partial charge < -0.3 is 14.6 Å². The monoisotopic (exact) mass is 594 g/mol. The first-order chi connectivity index (χ1) is 19.5. The van der Waals surface area contributed by atoms with E-state index in [1.54, 1.807) is 21.1 Å². The van der Waals surface area contributed by atoms with E-state index < -0.39 is 11.9 Å². The quantitative estimate of drug-likeness (QED) is 0.152. The third kappa shape index (κ3) is 7.02. The predicted molar refractivity (Wildman–Crippen MR) is 163 cm³/mol. The Morgan fingerprint density at radius 2 is 1.22 bits per heavy atom. The molecule has 216 valence electrons. The summed E-state index contributed by atoms with van der Waals surface area (Å²) >= 11 is 2.80. The molecule has 1 N–H and O–H groups in total. The van der Waals surface area contributed by atoms with Crippen molar-refractivity contribution in [3.63, 3.8) is 0 Å². The van der Waals surface area contributed by atoms with Gasteiger partial charge in [-0.3, -0.25) is 19.2 Å². The molecule has 0 radical (unpaired) electrons. The Morgan fingerprint density at radius 3 is 1.76 bits per heavy atom. The van der Waals surface area contributed by atoms with Crippen LogP contribution in [-0.2, 0) is 22.4 Å². The zero-order chi connectivity index (χ0) is 29.8. The van der Waals surface area contributed by atoms with Gasteiger partial charge >= 0.3 is 5.97 Å². The van der Waals surface area contributed by atoms with E-state index in [-0.39, 0.29) is 36.1 Å². The second-order valence-corrected chi connectivity index (χ2v) is 12.7. The van der Waals surface area contributed by atoms with Crippen molar-refractivity contribution in [3.8, 4) is 11.5 Å². The van der Waals surface area contributed by atoms with Gasteiger partial charge in [-0.05, 0) is 84.5 Å². The standard InChI is InChI=1S/C32H34O7S2/c1-17(19(3)33)9-24(34)30-14-22-11-20(27(39-5)16-29(22)41-30)7-6-8-21-13-28-23(12-26(21)38-4)15-31(40-28)25(35)10-18(2)32(36)37/h11-18H,6-10H2,1-5H3,(H,36,37)/t17-,18-/m0/s1. The smallest absolute Gasteiger partial charge is 0.306 e. The Morgan fingerprint density at radius 1 is 0.732 bits per heavy atom. The molecule has 2 atom stereocenters. The normalized spacial score (nSPS) is 12.8. The highest BCUT2D eigenvalue weighted by atomic mass is 32.1. The Hall–Kier alpha value is -3.56. The molecule has 0 spiro atoms. The lowest BCUT2D eigenvalue weighted by Gasteiger charge is -2.11. The number of aliphatic carboxylic acids is 1. The van der Waals surface area contributed by atoms with Crippen LogP contribution in [0.1, 0.15) is 70.5 Å². The second kappa shape index (κ2) is 13.0. The van der Waals surface area contributed by atoms with E-state index in [1.165, 1.54) is 36.5 Å². The summed E-state index contributed by atoms with van der Waals surface area (Å²) < 4.78 is 13.3. The van der Waals surface area contributed by atoms with Crippen molar-refractivity contribution in [2.45, 2.75) is 52.9 Å². The van der Waals surface area contributed by atoms with Crippen LogP contribution in [0.3, 0.4) is 0 Å². The van der Waals surface area contributed by atoms with Crippen LogP contribution in [0.15, 0.2) is 36.4 Å². The number of methoxy groups -OCH3 is 2. The van der Waals surface area contributed by atoms with Gasteiger partial charge in [0.05, 0.1) is 29.9 Å². The first-order valence-corrected chi connectivity index (χ1v) is 15.1. The number of carboxylic acids is 1. The number of carboxylic acid groups (broad SMARTS) is 1. The zero-order valence-corrected chi connectivity index (χ0v) is 25.5. The van der Waals surface area contributed by atoms with Crippen molar-refractivity contribution in [2.24, 2.45) is 11.8 Å². The number of benzene rings is 2. The van der Waals surface area contributed by atoms with Crippen LogP contribution in [0, 0.1) is 11.8 Å². The summed E-state index contributed by atoms with van der Waals surface area (Å²) in [6.45, 7) is 4.83. The zero-order valence-electron chi connectivity index (χ0n) is 23.9. The summed E-state index contributed by atoms with van der Waals surface area (Å²) in [5.74, 6) is -0.667. The van der Waals surface area contributed by atoms with Gasteiger partial charge in [0.25, 0.3) is 0 Å². The average Bonchev–Trinajstić information content (AvgIpc) is 3.55. The van der Waals surface area contributed by atoms with Gasteiger partial charge in [-0.15, -0.1) is 22.7 Å². The van der Waals surface area contributed by atoms with Crippen molar-refractivity contribution in [1.82, 2.24) is 0 Å².